The molecule has 148 valence electrons. The predicted molar refractivity (Wildman–Crippen MR) is 105 cm³/mol. The van der Waals surface area contributed by atoms with Crippen molar-refractivity contribution in [2.45, 2.75) is 45.6 Å². The molecular weight excluding hydrogens is 361 g/mol. The number of hydrogen-bond donors (Lipinski definition) is 3. The van der Waals surface area contributed by atoms with E-state index in [1.807, 2.05) is 20.8 Å². The van der Waals surface area contributed by atoms with Gasteiger partial charge in [0.25, 0.3) is 0 Å². The Balaban J connectivity index is 2.12. The molecule has 1 aromatic carbocycles. The molecule has 7 nitrogen and oxygen atoms in total. The lowest BCUT2D eigenvalue weighted by atomic mass is 9.75. The summed E-state index contributed by atoms with van der Waals surface area (Å²) in [6, 6.07) is 6.48. The summed E-state index contributed by atoms with van der Waals surface area (Å²) in [5.74, 6) is 4.29. The molecular formula is C20H24FN5O2. The zero-order valence-corrected chi connectivity index (χ0v) is 16.2. The fourth-order valence-corrected chi connectivity index (χ4v) is 3.73. The topological polar surface area (TPSA) is 106 Å². The molecule has 0 aliphatic heterocycles. The van der Waals surface area contributed by atoms with Crippen LogP contribution in [0.4, 0.5) is 4.39 Å². The molecule has 2 aromatic heterocycles. The van der Waals surface area contributed by atoms with E-state index in [1.165, 1.54) is 12.3 Å². The molecule has 8 heteroatoms. The van der Waals surface area contributed by atoms with Gasteiger partial charge in [-0.25, -0.2) is 15.2 Å². The summed E-state index contributed by atoms with van der Waals surface area (Å²) in [4.78, 5) is 16.6. The fourth-order valence-electron chi connectivity index (χ4n) is 3.73. The highest BCUT2D eigenvalue weighted by Crippen LogP contribution is 2.38. The standard InChI is InChI=1S/C20H24FN5O2/c1-4-20(5-2,19(28)25-22)14-7-8-16(24-18(14)27)12-9-15(21)13-11-23-26(6-3)17(13)10-12/h7-11H,4-6,22H2,1-3H3,(H,24,27)(H,25,28). The first-order valence-corrected chi connectivity index (χ1v) is 9.28. The maximum absolute atomic E-state index is 14.5. The maximum atomic E-state index is 14.5. The molecule has 3 rings (SSSR count). The van der Waals surface area contributed by atoms with Crippen LogP contribution in [0.25, 0.3) is 22.2 Å². The van der Waals surface area contributed by atoms with Crippen molar-refractivity contribution >= 4 is 16.8 Å². The highest BCUT2D eigenvalue weighted by atomic mass is 19.1. The Morgan fingerprint density at radius 2 is 2.00 bits per heavy atom. The summed E-state index contributed by atoms with van der Waals surface area (Å²) in [5.41, 5.74) is 3.16. The van der Waals surface area contributed by atoms with Crippen LogP contribution in [0, 0.1) is 5.82 Å². The van der Waals surface area contributed by atoms with Crippen molar-refractivity contribution in [3.63, 3.8) is 0 Å². The van der Waals surface area contributed by atoms with Crippen molar-refractivity contribution in [2.24, 2.45) is 5.84 Å². The Morgan fingerprint density at radius 3 is 2.57 bits per heavy atom. The lowest BCUT2D eigenvalue weighted by Crippen LogP contribution is -2.46. The summed E-state index contributed by atoms with van der Waals surface area (Å²) < 4.78 is 16.2. The lowest BCUT2D eigenvalue weighted by molar-refractivity contribution is -0.127. The van der Waals surface area contributed by atoms with Crippen molar-refractivity contribution < 1.29 is 14.3 Å². The Hall–Kier alpha value is -3.00. The molecule has 0 saturated carbocycles. The van der Waals surface area contributed by atoms with Crippen molar-refractivity contribution in [3.05, 3.63) is 41.8 Å². The Kier molecular flexibility index (Phi) is 5.33. The van der Waals surface area contributed by atoms with E-state index in [9.17, 15) is 14.3 Å². The van der Waals surface area contributed by atoms with Gasteiger partial charge in [-0.2, -0.15) is 5.10 Å². The minimum Gasteiger partial charge on any atom is -0.493 e. The molecule has 28 heavy (non-hydrogen) atoms. The monoisotopic (exact) mass is 385 g/mol. The first-order valence-electron chi connectivity index (χ1n) is 9.28. The number of benzene rings is 1. The van der Waals surface area contributed by atoms with Crippen LogP contribution in [-0.4, -0.2) is 25.8 Å². The van der Waals surface area contributed by atoms with Crippen molar-refractivity contribution in [2.75, 3.05) is 0 Å². The normalized spacial score (nSPS) is 11.8. The number of carbonyl (C=O) groups is 1. The number of hydrazine groups is 1. The lowest BCUT2D eigenvalue weighted by Gasteiger charge is -2.30. The number of nitrogens with one attached hydrogen (secondary N) is 1. The summed E-state index contributed by atoms with van der Waals surface area (Å²) in [5, 5.41) is 15.2. The minimum atomic E-state index is -0.986. The molecule has 0 saturated heterocycles. The van der Waals surface area contributed by atoms with E-state index in [-0.39, 0.29) is 11.8 Å². The van der Waals surface area contributed by atoms with Gasteiger partial charge in [-0.1, -0.05) is 19.9 Å². The van der Waals surface area contributed by atoms with Crippen LogP contribution in [0.5, 0.6) is 5.88 Å². The summed E-state index contributed by atoms with van der Waals surface area (Å²) >= 11 is 0. The maximum Gasteiger partial charge on any atom is 0.244 e. The Labute approximate surface area is 162 Å². The second kappa shape index (κ2) is 7.55. The van der Waals surface area contributed by atoms with Crippen molar-refractivity contribution in [3.8, 4) is 17.1 Å². The molecule has 0 atom stereocenters. The number of aromatic hydroxyl groups is 1. The SMILES string of the molecule is CCn1ncc2c(F)cc(-c3ccc(C(CC)(CC)C(=O)NN)c(O)n3)cc21. The zero-order chi connectivity index (χ0) is 20.5. The second-order valence-corrected chi connectivity index (χ2v) is 6.68. The molecule has 4 N–H and O–H groups in total. The predicted octanol–water partition coefficient (Wildman–Crippen LogP) is 3.01. The highest BCUT2D eigenvalue weighted by Gasteiger charge is 2.39. The van der Waals surface area contributed by atoms with Gasteiger partial charge in [0, 0.05) is 17.7 Å². The molecule has 3 aromatic rings. The van der Waals surface area contributed by atoms with E-state index >= 15 is 0 Å². The Morgan fingerprint density at radius 1 is 1.29 bits per heavy atom. The molecule has 1 amide bonds. The van der Waals surface area contributed by atoms with Crippen LogP contribution in [0.3, 0.4) is 0 Å². The van der Waals surface area contributed by atoms with Crippen LogP contribution in [-0.2, 0) is 16.8 Å². The third kappa shape index (κ3) is 2.99. The molecule has 0 unspecified atom stereocenters. The molecule has 0 spiro atoms. The van der Waals surface area contributed by atoms with Crippen molar-refractivity contribution in [1.29, 1.82) is 0 Å². The van der Waals surface area contributed by atoms with Crippen LogP contribution < -0.4 is 11.3 Å². The van der Waals surface area contributed by atoms with E-state index in [1.54, 1.807) is 22.9 Å². The molecule has 0 bridgehead atoms. The van der Waals surface area contributed by atoms with Crippen LogP contribution in [0.15, 0.2) is 30.5 Å². The number of aryl methyl sites for hydroxylation is 1. The van der Waals surface area contributed by atoms with E-state index < -0.39 is 11.2 Å². The molecule has 0 radical (unpaired) electrons. The molecule has 2 heterocycles. The number of amides is 1. The van der Waals surface area contributed by atoms with Crippen LogP contribution in [0.1, 0.15) is 39.2 Å². The average molecular weight is 385 g/mol. The number of halogens is 1. The fraction of sp³-hybridized carbons (Fsp3) is 0.350. The summed E-state index contributed by atoms with van der Waals surface area (Å²) in [6.07, 6.45) is 2.38. The summed E-state index contributed by atoms with van der Waals surface area (Å²) in [7, 11) is 0. The number of hydrogen-bond acceptors (Lipinski definition) is 5. The van der Waals surface area contributed by atoms with Crippen LogP contribution >= 0.6 is 0 Å². The van der Waals surface area contributed by atoms with Gasteiger partial charge in [0.1, 0.15) is 5.82 Å². The van der Waals surface area contributed by atoms with Gasteiger partial charge in [0.2, 0.25) is 11.8 Å². The molecule has 0 aliphatic carbocycles. The number of rotatable bonds is 6. The van der Waals surface area contributed by atoms with E-state index in [0.29, 0.717) is 47.1 Å². The number of nitrogens with two attached hydrogens (primary N) is 1. The number of carbonyl (C=O) groups excluding carboxylic acids is 1. The smallest absolute Gasteiger partial charge is 0.244 e. The van der Waals surface area contributed by atoms with Gasteiger partial charge >= 0.3 is 0 Å². The van der Waals surface area contributed by atoms with Gasteiger partial charge in [-0.05, 0) is 38.0 Å². The number of fused-ring (bicyclic) bond motifs is 1. The van der Waals surface area contributed by atoms with Gasteiger partial charge in [0.05, 0.1) is 28.2 Å². The Bertz CT molecular complexity index is 1030. The van der Waals surface area contributed by atoms with Crippen molar-refractivity contribution in [1.82, 2.24) is 20.2 Å². The van der Waals surface area contributed by atoms with E-state index in [2.05, 4.69) is 15.5 Å². The van der Waals surface area contributed by atoms with E-state index in [4.69, 9.17) is 5.84 Å². The largest absolute Gasteiger partial charge is 0.493 e. The molecule has 0 fully saturated rings. The highest BCUT2D eigenvalue weighted by molar-refractivity contribution is 5.89. The zero-order valence-electron chi connectivity index (χ0n) is 16.2. The summed E-state index contributed by atoms with van der Waals surface area (Å²) in [6.45, 7) is 6.23. The minimum absolute atomic E-state index is 0.269. The van der Waals surface area contributed by atoms with Gasteiger partial charge < -0.3 is 5.11 Å². The van der Waals surface area contributed by atoms with Gasteiger partial charge in [0.15, 0.2) is 0 Å². The van der Waals surface area contributed by atoms with Gasteiger partial charge in [-0.15, -0.1) is 0 Å². The first kappa shape index (κ1) is 19.8. The number of aromatic nitrogens is 3. The van der Waals surface area contributed by atoms with Crippen LogP contribution in [0.2, 0.25) is 0 Å². The van der Waals surface area contributed by atoms with E-state index in [0.717, 1.165) is 0 Å². The number of pyridine rings is 1. The molecule has 0 aliphatic rings. The third-order valence-corrected chi connectivity index (χ3v) is 5.47. The quantitative estimate of drug-likeness (QED) is 0.344. The third-order valence-electron chi connectivity index (χ3n) is 5.47. The first-order chi connectivity index (χ1) is 13.4. The number of nitrogens with zero attached hydrogens (tertiary/aromatic N) is 3. The second-order valence-electron chi connectivity index (χ2n) is 6.68. The average Bonchev–Trinajstić information content (AvgIpc) is 3.13. The van der Waals surface area contributed by atoms with Gasteiger partial charge in [-0.3, -0.25) is 14.9 Å².